The van der Waals surface area contributed by atoms with Gasteiger partial charge in [-0.25, -0.2) is 10.2 Å². The molecule has 0 saturated heterocycles. The number of aliphatic hydroxyl groups is 1. The average molecular weight is 464 g/mol. The van der Waals surface area contributed by atoms with Gasteiger partial charge in [0, 0.05) is 7.05 Å². The number of para-hydroxylation sites is 1. The van der Waals surface area contributed by atoms with Crippen molar-refractivity contribution >= 4 is 22.8 Å². The topological polar surface area (TPSA) is 147 Å². The number of benzene rings is 2. The molecular formula is C23H24N6O5. The number of ether oxygens (including phenoxy) is 1. The molecule has 0 unspecified atom stereocenters. The number of nitrogens with zero attached hydrogens (tertiary/aromatic N) is 4. The maximum atomic E-state index is 12.6. The van der Waals surface area contributed by atoms with E-state index in [2.05, 4.69) is 20.5 Å². The highest BCUT2D eigenvalue weighted by Gasteiger charge is 2.20. The van der Waals surface area contributed by atoms with Crippen LogP contribution in [-0.2, 0) is 13.6 Å². The van der Waals surface area contributed by atoms with Crippen LogP contribution < -0.4 is 21.4 Å². The summed E-state index contributed by atoms with van der Waals surface area (Å²) in [5, 5.41) is 24.4. The third-order valence-corrected chi connectivity index (χ3v) is 5.19. The molecule has 4 rings (SSSR count). The Balaban J connectivity index is 1.65. The highest BCUT2D eigenvalue weighted by atomic mass is 16.5. The van der Waals surface area contributed by atoms with Crippen LogP contribution in [0, 0.1) is 0 Å². The third kappa shape index (κ3) is 4.84. The van der Waals surface area contributed by atoms with Crippen molar-refractivity contribution in [2.45, 2.75) is 19.6 Å². The lowest BCUT2D eigenvalue weighted by molar-refractivity contribution is 0.0938. The lowest BCUT2D eigenvalue weighted by Crippen LogP contribution is -2.30. The van der Waals surface area contributed by atoms with Gasteiger partial charge < -0.3 is 19.5 Å². The van der Waals surface area contributed by atoms with Crippen molar-refractivity contribution in [2.75, 3.05) is 12.0 Å². The molecule has 0 aliphatic heterocycles. The zero-order valence-electron chi connectivity index (χ0n) is 18.6. The van der Waals surface area contributed by atoms with Crippen molar-refractivity contribution < 1.29 is 14.9 Å². The Morgan fingerprint density at radius 2 is 1.88 bits per heavy atom. The quantitative estimate of drug-likeness (QED) is 0.228. The lowest BCUT2D eigenvalue weighted by atomic mass is 10.1. The number of aromatic amines is 1. The molecule has 11 heteroatoms. The zero-order chi connectivity index (χ0) is 24.2. The number of aromatic hydroxyl groups is 1. The minimum Gasteiger partial charge on any atom is -0.508 e. The zero-order valence-corrected chi connectivity index (χ0v) is 18.6. The normalized spacial score (nSPS) is 12.6. The second kappa shape index (κ2) is 9.63. The second-order valence-electron chi connectivity index (χ2n) is 7.67. The van der Waals surface area contributed by atoms with Crippen LogP contribution in [0.1, 0.15) is 12.5 Å². The van der Waals surface area contributed by atoms with Gasteiger partial charge in [-0.05, 0) is 48.9 Å². The largest absolute Gasteiger partial charge is 0.508 e. The molecule has 11 nitrogen and oxygen atoms in total. The Hall–Kier alpha value is -4.38. The van der Waals surface area contributed by atoms with Gasteiger partial charge in [0.2, 0.25) is 5.95 Å². The minimum absolute atomic E-state index is 0.0252. The molecule has 0 saturated carbocycles. The van der Waals surface area contributed by atoms with Crippen molar-refractivity contribution in [3.05, 3.63) is 81.0 Å². The fourth-order valence-electron chi connectivity index (χ4n) is 3.37. The number of nitrogens with one attached hydrogen (secondary N) is 2. The first-order chi connectivity index (χ1) is 16.3. The second-order valence-corrected chi connectivity index (χ2v) is 7.67. The van der Waals surface area contributed by atoms with Crippen LogP contribution in [0.25, 0.3) is 11.2 Å². The molecule has 176 valence electrons. The summed E-state index contributed by atoms with van der Waals surface area (Å²) in [4.78, 5) is 31.3. The van der Waals surface area contributed by atoms with E-state index in [1.807, 2.05) is 18.2 Å². The highest BCUT2D eigenvalue weighted by molar-refractivity contribution is 5.99. The first-order valence-electron chi connectivity index (χ1n) is 10.5. The van der Waals surface area contributed by atoms with Gasteiger partial charge in [-0.1, -0.05) is 18.2 Å². The fraction of sp³-hybridized carbons (Fsp3) is 0.217. The number of hydrogen-bond acceptors (Lipinski definition) is 8. The average Bonchev–Trinajstić information content (AvgIpc) is 3.19. The van der Waals surface area contributed by atoms with Crippen LogP contribution in [0.15, 0.2) is 69.3 Å². The maximum absolute atomic E-state index is 12.6. The van der Waals surface area contributed by atoms with Crippen molar-refractivity contribution in [1.82, 2.24) is 19.1 Å². The molecule has 0 aliphatic rings. The Labute approximate surface area is 193 Å². The third-order valence-electron chi connectivity index (χ3n) is 5.19. The van der Waals surface area contributed by atoms with E-state index < -0.39 is 17.4 Å². The van der Waals surface area contributed by atoms with E-state index in [1.54, 1.807) is 43.3 Å². The number of aliphatic hydroxyl groups excluding tert-OH is 1. The van der Waals surface area contributed by atoms with Gasteiger partial charge in [-0.15, -0.1) is 0 Å². The summed E-state index contributed by atoms with van der Waals surface area (Å²) >= 11 is 0. The summed E-state index contributed by atoms with van der Waals surface area (Å²) < 4.78 is 8.28. The van der Waals surface area contributed by atoms with Crippen LogP contribution in [0.5, 0.6) is 11.5 Å². The van der Waals surface area contributed by atoms with Gasteiger partial charge in [0.15, 0.2) is 11.2 Å². The summed E-state index contributed by atoms with van der Waals surface area (Å²) in [6.45, 7) is 1.70. The fourth-order valence-corrected chi connectivity index (χ4v) is 3.37. The highest BCUT2D eigenvalue weighted by Crippen LogP contribution is 2.18. The Morgan fingerprint density at radius 3 is 2.59 bits per heavy atom. The van der Waals surface area contributed by atoms with Crippen LogP contribution in [0.3, 0.4) is 0 Å². The molecule has 34 heavy (non-hydrogen) atoms. The first kappa shape index (κ1) is 22.8. The van der Waals surface area contributed by atoms with Gasteiger partial charge >= 0.3 is 5.69 Å². The van der Waals surface area contributed by atoms with Gasteiger partial charge in [-0.2, -0.15) is 10.1 Å². The molecular weight excluding hydrogens is 440 g/mol. The first-order valence-corrected chi connectivity index (χ1v) is 10.5. The predicted molar refractivity (Wildman–Crippen MR) is 127 cm³/mol. The molecule has 2 heterocycles. The van der Waals surface area contributed by atoms with Crippen LogP contribution in [0.4, 0.5) is 5.95 Å². The molecule has 2 aromatic heterocycles. The summed E-state index contributed by atoms with van der Waals surface area (Å²) in [6.07, 6.45) is -0.989. The number of imidazole rings is 1. The molecule has 0 fully saturated rings. The van der Waals surface area contributed by atoms with E-state index in [0.717, 1.165) is 5.56 Å². The van der Waals surface area contributed by atoms with Crippen molar-refractivity contribution in [3.8, 4) is 11.5 Å². The van der Waals surface area contributed by atoms with E-state index in [9.17, 15) is 19.8 Å². The Kier molecular flexibility index (Phi) is 6.46. The van der Waals surface area contributed by atoms with Crippen molar-refractivity contribution in [1.29, 1.82) is 0 Å². The standard InChI is InChI=1S/C23H24N6O5/c1-14(15-8-10-16(30)11-9-15)26-27-22-24-20-19(21(32)25-23(33)28(20)2)29(22)12-17(31)13-34-18-6-4-3-5-7-18/h3-11,17,30-31H,12-13H2,1-2H3,(H,24,27)(H,25,32,33)/b26-14+/t17-/m1/s1. The minimum atomic E-state index is -0.989. The van der Waals surface area contributed by atoms with Gasteiger partial charge in [-0.3, -0.25) is 14.3 Å². The number of aryl methyl sites for hydroxylation is 1. The Morgan fingerprint density at radius 1 is 1.18 bits per heavy atom. The molecule has 0 amide bonds. The van der Waals surface area contributed by atoms with E-state index >= 15 is 0 Å². The number of fused-ring (bicyclic) bond motifs is 1. The van der Waals surface area contributed by atoms with Crippen molar-refractivity contribution in [3.63, 3.8) is 0 Å². The number of hydrazone groups is 1. The van der Waals surface area contributed by atoms with Gasteiger partial charge in [0.05, 0.1) is 12.3 Å². The summed E-state index contributed by atoms with van der Waals surface area (Å²) in [5.74, 6) is 0.904. The van der Waals surface area contributed by atoms with Crippen molar-refractivity contribution in [2.24, 2.45) is 12.1 Å². The van der Waals surface area contributed by atoms with E-state index in [4.69, 9.17) is 4.74 Å². The number of phenolic OH excluding ortho intramolecular Hbond substituents is 1. The SMILES string of the molecule is C/C(=N\Nc1nc2c(c(=O)[nH]c(=O)n2C)n1C[C@@H](O)COc1ccccc1)c1ccc(O)cc1. The Bertz CT molecular complexity index is 1440. The summed E-state index contributed by atoms with van der Waals surface area (Å²) in [7, 11) is 1.49. The molecule has 4 N–H and O–H groups in total. The summed E-state index contributed by atoms with van der Waals surface area (Å²) in [6, 6.07) is 15.5. The molecule has 0 radical (unpaired) electrons. The molecule has 0 bridgehead atoms. The number of rotatable bonds is 8. The number of anilines is 1. The number of aromatic nitrogens is 4. The maximum Gasteiger partial charge on any atom is 0.329 e. The molecule has 4 aromatic rings. The number of phenols is 1. The molecule has 0 aliphatic carbocycles. The summed E-state index contributed by atoms with van der Waals surface area (Å²) in [5.41, 5.74) is 3.20. The molecule has 2 aromatic carbocycles. The van der Waals surface area contributed by atoms with Gasteiger partial charge in [0.1, 0.15) is 24.2 Å². The van der Waals surface area contributed by atoms with Crippen LogP contribution in [-0.4, -0.2) is 47.7 Å². The van der Waals surface area contributed by atoms with Crippen LogP contribution in [0.2, 0.25) is 0 Å². The van der Waals surface area contributed by atoms with E-state index in [1.165, 1.54) is 16.2 Å². The molecule has 0 spiro atoms. The number of H-pyrrole nitrogens is 1. The monoisotopic (exact) mass is 464 g/mol. The predicted octanol–water partition coefficient (Wildman–Crippen LogP) is 1.40. The molecule has 1 atom stereocenters. The van der Waals surface area contributed by atoms with E-state index in [-0.39, 0.29) is 36.0 Å². The number of hydrogen-bond donors (Lipinski definition) is 4. The van der Waals surface area contributed by atoms with Gasteiger partial charge in [0.25, 0.3) is 5.56 Å². The van der Waals surface area contributed by atoms with Crippen LogP contribution >= 0.6 is 0 Å². The van der Waals surface area contributed by atoms with E-state index in [0.29, 0.717) is 11.5 Å². The lowest BCUT2D eigenvalue weighted by Gasteiger charge is -2.15. The smallest absolute Gasteiger partial charge is 0.329 e.